The van der Waals surface area contributed by atoms with Crippen LogP contribution in [-0.4, -0.2) is 71.4 Å². The number of amides is 2. The molecule has 0 aliphatic carbocycles. The first-order valence-electron chi connectivity index (χ1n) is 17.0. The number of hydrogen-bond donors (Lipinski definition) is 2. The lowest BCUT2D eigenvalue weighted by Gasteiger charge is -2.34. The van der Waals surface area contributed by atoms with E-state index < -0.39 is 5.41 Å². The fourth-order valence-corrected chi connectivity index (χ4v) is 6.03. The molecule has 0 unspecified atom stereocenters. The van der Waals surface area contributed by atoms with Crippen molar-refractivity contribution in [3.63, 3.8) is 0 Å². The van der Waals surface area contributed by atoms with Crippen LogP contribution < -0.4 is 10.6 Å². The fourth-order valence-electron chi connectivity index (χ4n) is 6.03. The molecule has 2 amide bonds. The number of benzene rings is 3. The van der Waals surface area contributed by atoms with Crippen LogP contribution in [0.2, 0.25) is 0 Å². The highest BCUT2D eigenvalue weighted by Crippen LogP contribution is 2.32. The van der Waals surface area contributed by atoms with Crippen molar-refractivity contribution in [2.45, 2.75) is 66.3 Å². The molecule has 2 N–H and O–H groups in total. The van der Waals surface area contributed by atoms with Crippen LogP contribution in [0, 0.1) is 11.8 Å². The Balaban J connectivity index is 1.62. The summed E-state index contributed by atoms with van der Waals surface area (Å²) in [7, 11) is 3.81. The lowest BCUT2D eigenvalue weighted by atomic mass is 9.82. The van der Waals surface area contributed by atoms with E-state index in [0.717, 1.165) is 73.8 Å². The first-order chi connectivity index (χ1) is 22.4. The molecule has 1 aromatic heterocycles. The Morgan fingerprint density at radius 2 is 1.55 bits per heavy atom. The maximum atomic E-state index is 14.1. The molecule has 252 valence electrons. The Bertz CT molecular complexity index is 1600. The summed E-state index contributed by atoms with van der Waals surface area (Å²) in [5, 5.41) is 6.18. The van der Waals surface area contributed by atoms with E-state index in [1.54, 1.807) is 7.05 Å². The maximum Gasteiger partial charge on any atom is 0.251 e. The molecule has 8 nitrogen and oxygen atoms in total. The second-order valence-electron chi connectivity index (χ2n) is 14.1. The van der Waals surface area contributed by atoms with Gasteiger partial charge < -0.3 is 25.0 Å². The Morgan fingerprint density at radius 1 is 0.894 bits per heavy atom. The molecule has 0 bridgehead atoms. The minimum Gasteiger partial charge on any atom is -0.355 e. The Labute approximate surface area is 281 Å². The molecule has 4 aromatic rings. The van der Waals surface area contributed by atoms with Crippen molar-refractivity contribution in [2.75, 3.05) is 45.6 Å². The van der Waals surface area contributed by atoms with Gasteiger partial charge in [-0.1, -0.05) is 64.1 Å². The summed E-state index contributed by atoms with van der Waals surface area (Å²) in [6, 6.07) is 24.3. The minimum absolute atomic E-state index is 0.120. The van der Waals surface area contributed by atoms with Gasteiger partial charge in [0, 0.05) is 44.5 Å². The number of nitrogens with one attached hydrogen (secondary N) is 2. The summed E-state index contributed by atoms with van der Waals surface area (Å²) < 4.78 is 2.23. The van der Waals surface area contributed by atoms with Gasteiger partial charge in [0.2, 0.25) is 11.9 Å². The Hall–Kier alpha value is -4.17. The van der Waals surface area contributed by atoms with Gasteiger partial charge in [-0.15, -0.1) is 0 Å². The second kappa shape index (κ2) is 16.1. The Kier molecular flexibility index (Phi) is 12.2. The third-order valence-corrected chi connectivity index (χ3v) is 8.64. The average Bonchev–Trinajstić information content (AvgIpc) is 3.39. The fraction of sp³-hybridized carbons (Fsp3) is 0.462. The van der Waals surface area contributed by atoms with E-state index in [-0.39, 0.29) is 11.8 Å². The second-order valence-corrected chi connectivity index (χ2v) is 14.1. The molecule has 0 aliphatic rings. The van der Waals surface area contributed by atoms with Crippen LogP contribution in [0.1, 0.15) is 69.4 Å². The molecule has 0 aliphatic heterocycles. The summed E-state index contributed by atoms with van der Waals surface area (Å²) >= 11 is 0. The van der Waals surface area contributed by atoms with Crippen LogP contribution in [0.15, 0.2) is 72.8 Å². The van der Waals surface area contributed by atoms with E-state index in [1.165, 1.54) is 5.56 Å². The van der Waals surface area contributed by atoms with E-state index in [9.17, 15) is 9.59 Å². The molecule has 0 saturated heterocycles. The lowest BCUT2D eigenvalue weighted by Crippen LogP contribution is -2.46. The van der Waals surface area contributed by atoms with Gasteiger partial charge in [0.25, 0.3) is 5.91 Å². The molecule has 0 radical (unpaired) electrons. The van der Waals surface area contributed by atoms with Gasteiger partial charge in [-0.05, 0) is 99.6 Å². The van der Waals surface area contributed by atoms with E-state index in [0.29, 0.717) is 17.4 Å². The number of likely N-dealkylation sites (N-methyl/N-ethyl adjacent to an activating group) is 1. The number of nitrogens with zero attached hydrogens (tertiary/aromatic N) is 4. The van der Waals surface area contributed by atoms with Crippen LogP contribution in [-0.2, 0) is 23.2 Å². The van der Waals surface area contributed by atoms with Crippen LogP contribution in [0.25, 0.3) is 11.0 Å². The number of rotatable bonds is 16. The monoisotopic (exact) mass is 638 g/mol. The van der Waals surface area contributed by atoms with Gasteiger partial charge in [0.1, 0.15) is 0 Å². The number of imidazole rings is 1. The Morgan fingerprint density at radius 3 is 2.17 bits per heavy atom. The first kappa shape index (κ1) is 35.7. The zero-order valence-electron chi connectivity index (χ0n) is 29.6. The molecule has 0 fully saturated rings. The highest BCUT2D eigenvalue weighted by atomic mass is 16.2. The summed E-state index contributed by atoms with van der Waals surface area (Å²) in [5.74, 6) is 1.55. The maximum absolute atomic E-state index is 14.1. The van der Waals surface area contributed by atoms with Gasteiger partial charge in [-0.2, -0.15) is 0 Å². The minimum atomic E-state index is -0.700. The largest absolute Gasteiger partial charge is 0.355 e. The molecule has 8 heteroatoms. The number of carbonyl (C=O) groups is 2. The molecule has 4 rings (SSSR count). The van der Waals surface area contributed by atoms with E-state index in [1.807, 2.05) is 49.1 Å². The number of carbonyl (C=O) groups excluding carboxylic acids is 2. The van der Waals surface area contributed by atoms with Crippen molar-refractivity contribution in [3.8, 4) is 0 Å². The number of aryl methyl sites for hydroxylation is 1. The number of hydrogen-bond acceptors (Lipinski definition) is 5. The normalized spacial score (nSPS) is 11.9. The van der Waals surface area contributed by atoms with E-state index in [2.05, 4.69) is 97.3 Å². The van der Waals surface area contributed by atoms with Gasteiger partial charge in [-0.3, -0.25) is 9.59 Å². The topological polar surface area (TPSA) is 82.5 Å². The summed E-state index contributed by atoms with van der Waals surface area (Å²) in [6.07, 6.45) is 1.95. The zero-order chi connectivity index (χ0) is 34.1. The van der Waals surface area contributed by atoms with E-state index in [4.69, 9.17) is 4.98 Å². The molecular formula is C39H54N6O2. The number of aromatic nitrogens is 2. The molecule has 0 spiro atoms. The molecule has 0 saturated carbocycles. The SMILES string of the molecule is CNC(=O)c1ccc(Nc2nc3ccc(C(C)(C)C(=O)N(CC(C)C)CC(C)C)cc3n2CCCN(C)CCc2ccccc2)cc1. The molecular weight excluding hydrogens is 584 g/mol. The van der Waals surface area contributed by atoms with Crippen molar-refractivity contribution in [1.29, 1.82) is 0 Å². The van der Waals surface area contributed by atoms with Crippen LogP contribution in [0.4, 0.5) is 11.6 Å². The van der Waals surface area contributed by atoms with Crippen molar-refractivity contribution >= 4 is 34.5 Å². The van der Waals surface area contributed by atoms with Crippen molar-refractivity contribution in [2.24, 2.45) is 11.8 Å². The van der Waals surface area contributed by atoms with Crippen LogP contribution >= 0.6 is 0 Å². The summed E-state index contributed by atoms with van der Waals surface area (Å²) in [4.78, 5) is 35.6. The molecule has 1 heterocycles. The zero-order valence-corrected chi connectivity index (χ0v) is 29.6. The van der Waals surface area contributed by atoms with Crippen LogP contribution in [0.3, 0.4) is 0 Å². The number of anilines is 2. The van der Waals surface area contributed by atoms with Crippen molar-refractivity contribution in [3.05, 3.63) is 89.5 Å². The average molecular weight is 639 g/mol. The highest BCUT2D eigenvalue weighted by Gasteiger charge is 2.35. The third kappa shape index (κ3) is 9.44. The summed E-state index contributed by atoms with van der Waals surface area (Å²) in [5.41, 5.74) is 4.95. The van der Waals surface area contributed by atoms with Crippen LogP contribution in [0.5, 0.6) is 0 Å². The first-order valence-corrected chi connectivity index (χ1v) is 17.0. The molecule has 3 aromatic carbocycles. The van der Waals surface area contributed by atoms with E-state index >= 15 is 0 Å². The number of fused-ring (bicyclic) bond motifs is 1. The smallest absolute Gasteiger partial charge is 0.251 e. The molecule has 0 atom stereocenters. The molecule has 47 heavy (non-hydrogen) atoms. The van der Waals surface area contributed by atoms with Gasteiger partial charge in [-0.25, -0.2) is 4.98 Å². The van der Waals surface area contributed by atoms with Gasteiger partial charge in [0.05, 0.1) is 16.4 Å². The standard InChI is InChI=1S/C39H54N6O2/c1-28(2)26-44(27-29(3)4)37(47)39(5,6)32-17-20-34-35(25-32)45(23-12-22-43(8)24-21-30-13-10-9-11-14-30)38(42-34)41-33-18-15-31(16-19-33)36(46)40-7/h9-11,13-20,25,28-29H,12,21-24,26-27H2,1-8H3,(H,40,46)(H,41,42). The summed E-state index contributed by atoms with van der Waals surface area (Å²) in [6.45, 7) is 16.9. The quantitative estimate of drug-likeness (QED) is 0.137. The van der Waals surface area contributed by atoms with Gasteiger partial charge >= 0.3 is 0 Å². The lowest BCUT2D eigenvalue weighted by molar-refractivity contribution is -0.137. The predicted octanol–water partition coefficient (Wildman–Crippen LogP) is 7.12. The predicted molar refractivity (Wildman–Crippen MR) is 194 cm³/mol. The van der Waals surface area contributed by atoms with Crippen molar-refractivity contribution < 1.29 is 9.59 Å². The highest BCUT2D eigenvalue weighted by molar-refractivity contribution is 5.94. The van der Waals surface area contributed by atoms with Gasteiger partial charge in [0.15, 0.2) is 0 Å². The third-order valence-electron chi connectivity index (χ3n) is 8.64. The van der Waals surface area contributed by atoms with Crippen molar-refractivity contribution in [1.82, 2.24) is 24.7 Å².